The van der Waals surface area contributed by atoms with Gasteiger partial charge in [-0.2, -0.15) is 0 Å². The Hall–Kier alpha value is -4.58. The Labute approximate surface area is 211 Å². The van der Waals surface area contributed by atoms with Gasteiger partial charge in [0.15, 0.2) is 0 Å². The molecule has 1 unspecified atom stereocenters. The van der Waals surface area contributed by atoms with Crippen molar-refractivity contribution < 1.29 is 19.2 Å². The van der Waals surface area contributed by atoms with E-state index in [4.69, 9.17) is 17.3 Å². The normalized spacial score (nSPS) is 11.2. The molecular weight excluding hydrogens is 488 g/mol. The molecule has 1 atom stereocenters. The number of likely N-dealkylation sites (N-methyl/N-ethyl adjacent to an activating group) is 1. The molecule has 36 heavy (non-hydrogen) atoms. The van der Waals surface area contributed by atoms with E-state index in [2.05, 4.69) is 30.9 Å². The molecule has 13 heteroatoms. The highest BCUT2D eigenvalue weighted by Crippen LogP contribution is 2.18. The quantitative estimate of drug-likeness (QED) is 0.336. The molecule has 0 spiro atoms. The van der Waals surface area contributed by atoms with Crippen LogP contribution in [0.3, 0.4) is 0 Å². The predicted molar refractivity (Wildman–Crippen MR) is 133 cm³/mol. The fourth-order valence-electron chi connectivity index (χ4n) is 2.95. The molecule has 3 rings (SSSR count). The largest absolute Gasteiger partial charge is 0.368 e. The molecule has 2 aromatic heterocycles. The number of carbonyl (C=O) groups is 4. The Kier molecular flexibility index (Phi) is 8.47. The number of carbonyl (C=O) groups excluding carboxylic acids is 4. The van der Waals surface area contributed by atoms with Crippen molar-refractivity contribution in [2.45, 2.75) is 6.04 Å². The maximum absolute atomic E-state index is 12.8. The Balaban J connectivity index is 1.63. The van der Waals surface area contributed by atoms with Gasteiger partial charge in [-0.25, -0.2) is 15.0 Å². The molecule has 0 radical (unpaired) electrons. The first-order valence-corrected chi connectivity index (χ1v) is 10.9. The molecule has 0 aliphatic rings. The lowest BCUT2D eigenvalue weighted by atomic mass is 10.1. The van der Waals surface area contributed by atoms with Crippen LogP contribution in [0.5, 0.6) is 0 Å². The molecule has 4 amide bonds. The Morgan fingerprint density at radius 2 is 1.58 bits per heavy atom. The number of nitrogens with zero attached hydrogens (tertiary/aromatic N) is 4. The Morgan fingerprint density at radius 3 is 2.17 bits per heavy atom. The van der Waals surface area contributed by atoms with Gasteiger partial charge in [-0.05, 0) is 29.8 Å². The van der Waals surface area contributed by atoms with Crippen molar-refractivity contribution in [1.29, 1.82) is 0 Å². The topological polar surface area (TPSA) is 172 Å². The average molecular weight is 511 g/mol. The van der Waals surface area contributed by atoms with Gasteiger partial charge in [-0.1, -0.05) is 23.7 Å². The molecule has 0 aliphatic heterocycles. The van der Waals surface area contributed by atoms with Gasteiger partial charge in [0.05, 0.1) is 5.02 Å². The van der Waals surface area contributed by atoms with Crippen LogP contribution in [0.15, 0.2) is 55.0 Å². The first kappa shape index (κ1) is 26.0. The van der Waals surface area contributed by atoms with Crippen molar-refractivity contribution in [2.24, 2.45) is 0 Å². The Bertz CT molecular complexity index is 1250. The maximum atomic E-state index is 12.8. The number of nitrogen functional groups attached to an aromatic ring is 1. The molecule has 0 aliphatic carbocycles. The van der Waals surface area contributed by atoms with Gasteiger partial charge in [0, 0.05) is 50.4 Å². The smallest absolute Gasteiger partial charge is 0.314 e. The number of nitrogens with one attached hydrogen (secondary N) is 3. The first-order chi connectivity index (χ1) is 17.1. The summed E-state index contributed by atoms with van der Waals surface area (Å²) in [6.45, 7) is -0.316. The van der Waals surface area contributed by atoms with E-state index in [9.17, 15) is 19.2 Å². The number of hydrogen-bond acceptors (Lipinski definition) is 8. The summed E-state index contributed by atoms with van der Waals surface area (Å²) in [5.74, 6) is -2.74. The highest BCUT2D eigenvalue weighted by Gasteiger charge is 2.25. The summed E-state index contributed by atoms with van der Waals surface area (Å²) in [5.41, 5.74) is 7.26. The van der Waals surface area contributed by atoms with E-state index in [0.717, 1.165) is 5.56 Å². The number of aromatic nitrogens is 3. The van der Waals surface area contributed by atoms with E-state index in [1.807, 2.05) is 0 Å². The number of benzene rings is 1. The highest BCUT2D eigenvalue weighted by molar-refractivity contribution is 6.39. The van der Waals surface area contributed by atoms with Crippen LogP contribution in [0.1, 0.15) is 10.4 Å². The number of amides is 4. The summed E-state index contributed by atoms with van der Waals surface area (Å²) in [5, 5.41) is 7.62. The molecule has 0 fully saturated rings. The lowest BCUT2D eigenvalue weighted by molar-refractivity contribution is -0.136. The van der Waals surface area contributed by atoms with E-state index in [1.54, 1.807) is 36.7 Å². The van der Waals surface area contributed by atoms with Gasteiger partial charge >= 0.3 is 11.8 Å². The molecule has 5 N–H and O–H groups in total. The number of nitrogens with two attached hydrogens (primary N) is 1. The van der Waals surface area contributed by atoms with Crippen LogP contribution < -0.4 is 21.7 Å². The van der Waals surface area contributed by atoms with Crippen LogP contribution in [0.25, 0.3) is 11.1 Å². The van der Waals surface area contributed by atoms with Gasteiger partial charge in [-0.15, -0.1) is 0 Å². The first-order valence-electron chi connectivity index (χ1n) is 10.5. The van der Waals surface area contributed by atoms with Crippen molar-refractivity contribution >= 4 is 47.0 Å². The Morgan fingerprint density at radius 1 is 0.917 bits per heavy atom. The van der Waals surface area contributed by atoms with Crippen molar-refractivity contribution in [3.63, 3.8) is 0 Å². The van der Waals surface area contributed by atoms with Crippen LogP contribution in [-0.2, 0) is 14.4 Å². The fraction of sp³-hybridized carbons (Fsp3) is 0.174. The minimum atomic E-state index is -1.12. The number of anilines is 2. The second-order valence-corrected chi connectivity index (χ2v) is 8.13. The molecule has 12 nitrogen and oxygen atoms in total. The SMILES string of the molecule is CN(C)C(=O)C(CNC(=O)C(=O)Nc1ccc(Cl)cn1)NC(=O)c1ccc(-c2cnc(N)nc2)cc1. The van der Waals surface area contributed by atoms with Gasteiger partial charge < -0.3 is 26.6 Å². The second-order valence-electron chi connectivity index (χ2n) is 7.69. The highest BCUT2D eigenvalue weighted by atomic mass is 35.5. The average Bonchev–Trinajstić information content (AvgIpc) is 2.87. The predicted octanol–water partition coefficient (Wildman–Crippen LogP) is 0.716. The van der Waals surface area contributed by atoms with E-state index >= 15 is 0 Å². The number of pyridine rings is 1. The monoisotopic (exact) mass is 510 g/mol. The lowest BCUT2D eigenvalue weighted by Gasteiger charge is -2.22. The molecule has 3 aromatic rings. The summed E-state index contributed by atoms with van der Waals surface area (Å²) in [6.07, 6.45) is 4.43. The third-order valence-corrected chi connectivity index (χ3v) is 5.06. The molecule has 0 bridgehead atoms. The fourth-order valence-corrected chi connectivity index (χ4v) is 3.06. The second kappa shape index (κ2) is 11.7. The standard InChI is InChI=1S/C23H23ClN8O4/c1-32(2)22(36)17(12-27-20(34)21(35)31-18-8-7-16(24)11-26-18)30-19(33)14-5-3-13(4-6-14)15-9-28-23(25)29-10-15/h3-11,17H,12H2,1-2H3,(H,27,34)(H,30,33)(H2,25,28,29)(H,26,31,35). The van der Waals surface area contributed by atoms with Gasteiger partial charge in [0.2, 0.25) is 11.9 Å². The molecule has 0 saturated carbocycles. The van der Waals surface area contributed by atoms with Crippen LogP contribution >= 0.6 is 11.6 Å². The minimum absolute atomic E-state index is 0.128. The lowest BCUT2D eigenvalue weighted by Crippen LogP contribution is -2.53. The van der Waals surface area contributed by atoms with Crippen molar-refractivity contribution in [2.75, 3.05) is 31.7 Å². The van der Waals surface area contributed by atoms with Crippen LogP contribution in [-0.4, -0.2) is 70.2 Å². The number of rotatable bonds is 7. The van der Waals surface area contributed by atoms with Crippen molar-refractivity contribution in [3.05, 3.63) is 65.6 Å². The van der Waals surface area contributed by atoms with E-state index in [1.165, 1.54) is 37.3 Å². The van der Waals surface area contributed by atoms with Crippen molar-refractivity contribution in [1.82, 2.24) is 30.5 Å². The van der Waals surface area contributed by atoms with E-state index in [0.29, 0.717) is 10.6 Å². The zero-order valence-electron chi connectivity index (χ0n) is 19.4. The van der Waals surface area contributed by atoms with E-state index in [-0.39, 0.29) is 23.9 Å². The zero-order valence-corrected chi connectivity index (χ0v) is 20.1. The van der Waals surface area contributed by atoms with Gasteiger partial charge in [0.1, 0.15) is 11.9 Å². The number of hydrogen-bond donors (Lipinski definition) is 4. The molecule has 0 saturated heterocycles. The summed E-state index contributed by atoms with van der Waals surface area (Å²) in [6, 6.07) is 8.35. The van der Waals surface area contributed by atoms with E-state index < -0.39 is 29.7 Å². The van der Waals surface area contributed by atoms with Gasteiger partial charge in [0.25, 0.3) is 5.91 Å². The molecule has 1 aromatic carbocycles. The van der Waals surface area contributed by atoms with Crippen LogP contribution in [0.4, 0.5) is 11.8 Å². The van der Waals surface area contributed by atoms with Gasteiger partial charge in [-0.3, -0.25) is 19.2 Å². The summed E-state index contributed by atoms with van der Waals surface area (Å²) >= 11 is 5.74. The zero-order chi connectivity index (χ0) is 26.2. The summed E-state index contributed by atoms with van der Waals surface area (Å²) in [7, 11) is 3.01. The molecule has 2 heterocycles. The third-order valence-electron chi connectivity index (χ3n) is 4.84. The summed E-state index contributed by atoms with van der Waals surface area (Å²) in [4.78, 5) is 62.7. The third kappa shape index (κ3) is 6.96. The summed E-state index contributed by atoms with van der Waals surface area (Å²) < 4.78 is 0. The maximum Gasteiger partial charge on any atom is 0.314 e. The number of halogens is 1. The molecule has 186 valence electrons. The van der Waals surface area contributed by atoms with Crippen molar-refractivity contribution in [3.8, 4) is 11.1 Å². The van der Waals surface area contributed by atoms with Crippen LogP contribution in [0.2, 0.25) is 5.02 Å². The molecular formula is C23H23ClN8O4. The van der Waals surface area contributed by atoms with Crippen LogP contribution in [0, 0.1) is 0 Å². The minimum Gasteiger partial charge on any atom is -0.368 e.